The van der Waals surface area contributed by atoms with Crippen LogP contribution >= 0.6 is 35.3 Å². The first-order valence-electron chi connectivity index (χ1n) is 9.17. The zero-order valence-electron chi connectivity index (χ0n) is 15.6. The van der Waals surface area contributed by atoms with Gasteiger partial charge < -0.3 is 15.0 Å². The molecule has 0 radical (unpaired) electrons. The van der Waals surface area contributed by atoms with E-state index < -0.39 is 0 Å². The molecule has 2 saturated heterocycles. The molecular weight excluding hydrogens is 447 g/mol. The lowest BCUT2D eigenvalue weighted by Gasteiger charge is -2.24. The Kier molecular flexibility index (Phi) is 7.94. The molecule has 1 aromatic rings. The third-order valence-electron chi connectivity index (χ3n) is 4.95. The Morgan fingerprint density at radius 3 is 2.96 bits per heavy atom. The van der Waals surface area contributed by atoms with Crippen LogP contribution in [-0.4, -0.2) is 55.2 Å². The molecule has 1 aromatic heterocycles. The summed E-state index contributed by atoms with van der Waals surface area (Å²) in [5.74, 6) is 1.57. The van der Waals surface area contributed by atoms with Crippen molar-refractivity contribution in [3.8, 4) is 0 Å². The zero-order valence-corrected chi connectivity index (χ0v) is 18.7. The molecule has 0 aromatic carbocycles. The van der Waals surface area contributed by atoms with Gasteiger partial charge in [0.2, 0.25) is 0 Å². The second-order valence-corrected chi connectivity index (χ2v) is 8.18. The molecule has 3 heterocycles. The highest BCUT2D eigenvalue weighted by molar-refractivity contribution is 14.0. The van der Waals surface area contributed by atoms with Crippen LogP contribution in [0.25, 0.3) is 0 Å². The third-order valence-corrected chi connectivity index (χ3v) is 6.14. The number of nitrogens with zero attached hydrogens (tertiary/aromatic N) is 3. The lowest BCUT2D eigenvalue weighted by atomic mass is 9.87. The number of aromatic nitrogens is 1. The summed E-state index contributed by atoms with van der Waals surface area (Å²) in [6.45, 7) is 12.2. The van der Waals surface area contributed by atoms with Gasteiger partial charge in [0, 0.05) is 55.9 Å². The van der Waals surface area contributed by atoms with Gasteiger partial charge in [-0.2, -0.15) is 0 Å². The summed E-state index contributed by atoms with van der Waals surface area (Å²) >= 11 is 1.77. The summed E-state index contributed by atoms with van der Waals surface area (Å²) in [5.41, 5.74) is 1.54. The molecule has 1 atom stereocenters. The maximum absolute atomic E-state index is 5.64. The molecule has 142 valence electrons. The van der Waals surface area contributed by atoms with Crippen molar-refractivity contribution < 1.29 is 4.74 Å². The maximum Gasteiger partial charge on any atom is 0.193 e. The number of nitrogens with one attached hydrogen (secondary N) is 1. The molecular formula is C18H31IN4OS. The van der Waals surface area contributed by atoms with Crippen LogP contribution in [0.3, 0.4) is 0 Å². The minimum absolute atomic E-state index is 0. The number of halogens is 1. The minimum Gasteiger partial charge on any atom is -0.381 e. The highest BCUT2D eigenvalue weighted by Crippen LogP contribution is 2.38. The Hall–Kier alpha value is -0.410. The van der Waals surface area contributed by atoms with Gasteiger partial charge >= 0.3 is 0 Å². The van der Waals surface area contributed by atoms with Gasteiger partial charge in [-0.05, 0) is 19.8 Å². The van der Waals surface area contributed by atoms with Gasteiger partial charge in [0.05, 0.1) is 17.3 Å². The summed E-state index contributed by atoms with van der Waals surface area (Å²) in [7, 11) is 0. The van der Waals surface area contributed by atoms with Crippen molar-refractivity contribution in [2.75, 3.05) is 39.4 Å². The molecule has 0 bridgehead atoms. The van der Waals surface area contributed by atoms with Gasteiger partial charge in [-0.1, -0.05) is 13.8 Å². The van der Waals surface area contributed by atoms with Crippen LogP contribution < -0.4 is 5.32 Å². The molecule has 5 nitrogen and oxygen atoms in total. The molecule has 3 rings (SSSR count). The SMILES string of the molecule is CCNC(=NCCc1csc(C(C)C)n1)N1CCC2(CCOC2)C1.I. The van der Waals surface area contributed by atoms with Crippen LogP contribution in [0.1, 0.15) is 50.2 Å². The van der Waals surface area contributed by atoms with Crippen molar-refractivity contribution in [2.24, 2.45) is 10.4 Å². The smallest absolute Gasteiger partial charge is 0.193 e. The fourth-order valence-corrected chi connectivity index (χ4v) is 4.36. The second kappa shape index (κ2) is 9.50. The van der Waals surface area contributed by atoms with E-state index in [1.54, 1.807) is 11.3 Å². The molecule has 7 heteroatoms. The zero-order chi connectivity index (χ0) is 17.0. The monoisotopic (exact) mass is 478 g/mol. The minimum atomic E-state index is 0. The van der Waals surface area contributed by atoms with E-state index in [9.17, 15) is 0 Å². The Bertz CT molecular complexity index is 569. The topological polar surface area (TPSA) is 49.8 Å². The van der Waals surface area contributed by atoms with E-state index in [4.69, 9.17) is 14.7 Å². The number of hydrogen-bond donors (Lipinski definition) is 1. The van der Waals surface area contributed by atoms with Crippen LogP contribution in [-0.2, 0) is 11.2 Å². The number of guanidine groups is 1. The standard InChI is InChI=1S/C18H30N4OS.HI/c1-4-19-17(22-9-6-18(12-22)7-10-23-13-18)20-8-5-15-11-24-16(21-15)14(2)3;/h11,14H,4-10,12-13H2,1-3H3,(H,19,20);1H. The van der Waals surface area contributed by atoms with Gasteiger partial charge in [0.15, 0.2) is 5.96 Å². The molecule has 0 aliphatic carbocycles. The van der Waals surface area contributed by atoms with E-state index in [1.165, 1.54) is 23.5 Å². The summed E-state index contributed by atoms with van der Waals surface area (Å²) in [4.78, 5) is 12.0. The van der Waals surface area contributed by atoms with E-state index in [-0.39, 0.29) is 24.0 Å². The van der Waals surface area contributed by atoms with Crippen LogP contribution in [0.2, 0.25) is 0 Å². The molecule has 1 N–H and O–H groups in total. The lowest BCUT2D eigenvalue weighted by Crippen LogP contribution is -2.41. The van der Waals surface area contributed by atoms with Crippen molar-refractivity contribution in [3.63, 3.8) is 0 Å². The number of thiazole rings is 1. The quantitative estimate of drug-likeness (QED) is 0.400. The number of ether oxygens (including phenoxy) is 1. The van der Waals surface area contributed by atoms with Crippen molar-refractivity contribution >= 4 is 41.3 Å². The summed E-state index contributed by atoms with van der Waals surface area (Å²) in [5, 5.41) is 6.86. The fraction of sp³-hybridized carbons (Fsp3) is 0.778. The van der Waals surface area contributed by atoms with E-state index in [2.05, 4.69) is 36.4 Å². The first-order valence-corrected chi connectivity index (χ1v) is 10.1. The van der Waals surface area contributed by atoms with Crippen LogP contribution in [0.4, 0.5) is 0 Å². The van der Waals surface area contributed by atoms with Crippen molar-refractivity contribution in [1.29, 1.82) is 0 Å². The van der Waals surface area contributed by atoms with Crippen molar-refractivity contribution in [3.05, 3.63) is 16.1 Å². The van der Waals surface area contributed by atoms with Gasteiger partial charge in [-0.25, -0.2) is 4.98 Å². The molecule has 0 amide bonds. The van der Waals surface area contributed by atoms with Crippen molar-refractivity contribution in [2.45, 2.75) is 46.0 Å². The Morgan fingerprint density at radius 2 is 2.32 bits per heavy atom. The van der Waals surface area contributed by atoms with Crippen molar-refractivity contribution in [1.82, 2.24) is 15.2 Å². The number of hydrogen-bond acceptors (Lipinski definition) is 4. The normalized spacial score (nSPS) is 23.5. The first-order chi connectivity index (χ1) is 11.6. The highest BCUT2D eigenvalue weighted by atomic mass is 127. The Balaban J connectivity index is 0.00000225. The van der Waals surface area contributed by atoms with Crippen LogP contribution in [0.15, 0.2) is 10.4 Å². The van der Waals surface area contributed by atoms with Gasteiger partial charge in [-0.3, -0.25) is 4.99 Å². The largest absolute Gasteiger partial charge is 0.381 e. The van der Waals surface area contributed by atoms with E-state index >= 15 is 0 Å². The van der Waals surface area contributed by atoms with Gasteiger partial charge in [0.25, 0.3) is 0 Å². The highest BCUT2D eigenvalue weighted by Gasteiger charge is 2.42. The molecule has 2 aliphatic rings. The first kappa shape index (κ1) is 20.9. The summed E-state index contributed by atoms with van der Waals surface area (Å²) in [6, 6.07) is 0. The Morgan fingerprint density at radius 1 is 1.48 bits per heavy atom. The summed E-state index contributed by atoms with van der Waals surface area (Å²) < 4.78 is 5.64. The van der Waals surface area contributed by atoms with E-state index in [1.807, 2.05) is 0 Å². The van der Waals surface area contributed by atoms with Crippen LogP contribution in [0, 0.1) is 5.41 Å². The van der Waals surface area contributed by atoms with E-state index in [0.717, 1.165) is 51.8 Å². The number of aliphatic imine (C=N–C) groups is 1. The maximum atomic E-state index is 5.64. The molecule has 2 aliphatic heterocycles. The molecule has 1 unspecified atom stereocenters. The molecule has 2 fully saturated rings. The average Bonchev–Trinajstić information content (AvgIpc) is 3.29. The predicted octanol–water partition coefficient (Wildman–Crippen LogP) is 3.50. The fourth-order valence-electron chi connectivity index (χ4n) is 3.49. The van der Waals surface area contributed by atoms with Gasteiger partial charge in [0.1, 0.15) is 0 Å². The lowest BCUT2D eigenvalue weighted by molar-refractivity contribution is 0.156. The third kappa shape index (κ3) is 5.29. The van der Waals surface area contributed by atoms with Crippen LogP contribution in [0.5, 0.6) is 0 Å². The second-order valence-electron chi connectivity index (χ2n) is 7.29. The number of likely N-dealkylation sites (tertiary alicyclic amines) is 1. The van der Waals surface area contributed by atoms with Gasteiger partial charge in [-0.15, -0.1) is 35.3 Å². The molecule has 25 heavy (non-hydrogen) atoms. The number of rotatable bonds is 5. The Labute approximate surface area is 172 Å². The molecule has 0 saturated carbocycles. The van der Waals surface area contributed by atoms with E-state index in [0.29, 0.717) is 11.3 Å². The molecule has 1 spiro atoms. The predicted molar refractivity (Wildman–Crippen MR) is 115 cm³/mol. The summed E-state index contributed by atoms with van der Waals surface area (Å²) in [6.07, 6.45) is 3.33. The average molecular weight is 478 g/mol.